The second-order valence-electron chi connectivity index (χ2n) is 6.43. The third-order valence-electron chi connectivity index (χ3n) is 4.21. The summed E-state index contributed by atoms with van der Waals surface area (Å²) < 4.78 is 6.84. The molecule has 1 aromatic heterocycles. The van der Waals surface area contributed by atoms with E-state index < -0.39 is 0 Å². The molecular weight excluding hydrogens is 458 g/mol. The van der Waals surface area contributed by atoms with Gasteiger partial charge in [0.1, 0.15) is 18.6 Å². The monoisotopic (exact) mass is 479 g/mol. The Balaban J connectivity index is 2.10. The molecule has 1 amide bonds. The second kappa shape index (κ2) is 11.0. The van der Waals surface area contributed by atoms with Crippen molar-refractivity contribution in [3.63, 3.8) is 0 Å². The summed E-state index contributed by atoms with van der Waals surface area (Å²) in [5.41, 5.74) is 9.06. The first-order chi connectivity index (χ1) is 15.1. The van der Waals surface area contributed by atoms with Crippen molar-refractivity contribution < 1.29 is 9.53 Å². The molecule has 0 saturated heterocycles. The molecule has 3 aromatic rings. The number of anilines is 1. The number of pyridine rings is 1. The van der Waals surface area contributed by atoms with E-state index in [-0.39, 0.29) is 12.5 Å². The lowest BCUT2D eigenvalue weighted by Crippen LogP contribution is -2.12. The van der Waals surface area contributed by atoms with Crippen LogP contribution in [0.4, 0.5) is 5.69 Å². The highest BCUT2D eigenvalue weighted by Gasteiger charge is 2.19. The molecule has 1 heterocycles. The first kappa shape index (κ1) is 22.2. The van der Waals surface area contributed by atoms with E-state index in [0.717, 1.165) is 33.2 Å². The van der Waals surface area contributed by atoms with Crippen molar-refractivity contribution in [3.8, 4) is 28.3 Å². The van der Waals surface area contributed by atoms with E-state index in [1.807, 2.05) is 60.7 Å². The molecule has 158 valence electrons. The number of carbonyl (C=O) groups is 1. The summed E-state index contributed by atoms with van der Waals surface area (Å²) in [5.74, 6) is 0.0996. The first-order valence-corrected chi connectivity index (χ1v) is 10.4. The molecule has 7 nitrogen and oxygen atoms in total. The van der Waals surface area contributed by atoms with Crippen LogP contribution >= 0.6 is 15.9 Å². The molecular formula is C23H22BrN5O2. The Labute approximate surface area is 189 Å². The maximum Gasteiger partial charge on any atom is 0.239 e. The van der Waals surface area contributed by atoms with Crippen molar-refractivity contribution in [3.05, 3.63) is 65.1 Å². The number of nitrogens with two attached hydrogens (primary N) is 1. The Morgan fingerprint density at radius 1 is 1.16 bits per heavy atom. The lowest BCUT2D eigenvalue weighted by Gasteiger charge is -2.18. The van der Waals surface area contributed by atoms with Crippen molar-refractivity contribution in [1.82, 2.24) is 4.98 Å². The number of nitrogens with one attached hydrogen (secondary N) is 1. The number of aromatic nitrogens is 1. The van der Waals surface area contributed by atoms with Crippen molar-refractivity contribution in [2.75, 3.05) is 18.5 Å². The van der Waals surface area contributed by atoms with Crippen LogP contribution in [0.15, 0.2) is 75.1 Å². The summed E-state index contributed by atoms with van der Waals surface area (Å²) in [6, 6.07) is 19.5. The van der Waals surface area contributed by atoms with Crippen LogP contribution in [-0.2, 0) is 4.79 Å². The number of amides is 1. The zero-order valence-corrected chi connectivity index (χ0v) is 18.5. The lowest BCUT2D eigenvalue weighted by molar-refractivity contribution is -0.114. The minimum absolute atomic E-state index is 0.220. The molecule has 31 heavy (non-hydrogen) atoms. The maximum absolute atomic E-state index is 12.0. The van der Waals surface area contributed by atoms with Gasteiger partial charge < -0.3 is 15.8 Å². The van der Waals surface area contributed by atoms with Gasteiger partial charge >= 0.3 is 0 Å². The molecule has 0 saturated carbocycles. The minimum Gasteiger partial charge on any atom is -0.474 e. The molecule has 0 aliphatic heterocycles. The standard InChI is InChI=1S/C23H22BrN5O2/c1-16(30)28-22-19(18-9-5-6-10-20(18)24)13-21(17-7-3-2-4-8-17)29-23(22)31-12-11-26-15-27-14-25/h2-10,13-15H,11-12H2,1H3,(H,28,30)(H2,25,26,27). The molecule has 3 rings (SSSR count). The number of aliphatic imine (C=N–C) groups is 2. The Bertz CT molecular complexity index is 1100. The quantitative estimate of drug-likeness (QED) is 0.281. The van der Waals surface area contributed by atoms with Gasteiger partial charge in [-0.1, -0.05) is 64.5 Å². The Kier molecular flexibility index (Phi) is 7.89. The van der Waals surface area contributed by atoms with Crippen LogP contribution in [0.5, 0.6) is 5.88 Å². The molecule has 0 atom stereocenters. The molecule has 0 bridgehead atoms. The zero-order valence-electron chi connectivity index (χ0n) is 17.0. The van der Waals surface area contributed by atoms with Gasteiger partial charge in [0.2, 0.25) is 11.8 Å². The molecule has 0 radical (unpaired) electrons. The summed E-state index contributed by atoms with van der Waals surface area (Å²) >= 11 is 3.61. The van der Waals surface area contributed by atoms with Crippen LogP contribution < -0.4 is 15.8 Å². The topological polar surface area (TPSA) is 102 Å². The van der Waals surface area contributed by atoms with Gasteiger partial charge in [0.15, 0.2) is 0 Å². The van der Waals surface area contributed by atoms with Crippen LogP contribution in [-0.4, -0.2) is 36.7 Å². The zero-order chi connectivity index (χ0) is 22.1. The van der Waals surface area contributed by atoms with Gasteiger partial charge in [0.25, 0.3) is 0 Å². The highest BCUT2D eigenvalue weighted by atomic mass is 79.9. The number of halogens is 1. The number of hydrogen-bond donors (Lipinski definition) is 2. The highest BCUT2D eigenvalue weighted by Crippen LogP contribution is 2.40. The molecule has 0 spiro atoms. The predicted molar refractivity (Wildman–Crippen MR) is 129 cm³/mol. The van der Waals surface area contributed by atoms with Gasteiger partial charge in [-0.2, -0.15) is 0 Å². The minimum atomic E-state index is -0.220. The third kappa shape index (κ3) is 5.99. The number of ether oxygens (including phenoxy) is 1. The van der Waals surface area contributed by atoms with E-state index in [0.29, 0.717) is 18.1 Å². The molecule has 2 aromatic carbocycles. The number of benzene rings is 2. The van der Waals surface area contributed by atoms with Gasteiger partial charge in [-0.25, -0.2) is 9.98 Å². The molecule has 0 fully saturated rings. The molecule has 8 heteroatoms. The van der Waals surface area contributed by atoms with Crippen molar-refractivity contribution >= 4 is 40.2 Å². The summed E-state index contributed by atoms with van der Waals surface area (Å²) in [5, 5.41) is 2.88. The van der Waals surface area contributed by atoms with Crippen molar-refractivity contribution in [1.29, 1.82) is 0 Å². The summed E-state index contributed by atoms with van der Waals surface area (Å²) in [6.45, 7) is 2.07. The van der Waals surface area contributed by atoms with Gasteiger partial charge in [0, 0.05) is 22.5 Å². The summed E-state index contributed by atoms with van der Waals surface area (Å²) in [7, 11) is 0. The fourth-order valence-electron chi connectivity index (χ4n) is 2.91. The van der Waals surface area contributed by atoms with Crippen molar-refractivity contribution in [2.24, 2.45) is 15.7 Å². The highest BCUT2D eigenvalue weighted by molar-refractivity contribution is 9.10. The largest absolute Gasteiger partial charge is 0.474 e. The average Bonchev–Trinajstić information content (AvgIpc) is 2.77. The van der Waals surface area contributed by atoms with E-state index in [1.54, 1.807) is 0 Å². The SMILES string of the molecule is CC(=O)Nc1c(-c2ccccc2Br)cc(-c2ccccc2)nc1OCCN=CN=CN. The van der Waals surface area contributed by atoms with E-state index in [9.17, 15) is 4.79 Å². The number of rotatable bonds is 8. The molecule has 3 N–H and O–H groups in total. The van der Waals surface area contributed by atoms with Gasteiger partial charge in [-0.15, -0.1) is 0 Å². The third-order valence-corrected chi connectivity index (χ3v) is 4.91. The normalized spacial score (nSPS) is 11.2. The number of hydrogen-bond acceptors (Lipinski definition) is 4. The Morgan fingerprint density at radius 3 is 2.61 bits per heavy atom. The fraction of sp³-hybridized carbons (Fsp3) is 0.130. The summed E-state index contributed by atoms with van der Waals surface area (Å²) in [6.07, 6.45) is 2.52. The Hall–Kier alpha value is -3.52. The fourth-order valence-corrected chi connectivity index (χ4v) is 3.41. The van der Waals surface area contributed by atoms with Crippen LogP contribution in [0.3, 0.4) is 0 Å². The van der Waals surface area contributed by atoms with Gasteiger partial charge in [-0.05, 0) is 17.7 Å². The van der Waals surface area contributed by atoms with E-state index in [4.69, 9.17) is 15.5 Å². The van der Waals surface area contributed by atoms with Crippen LogP contribution in [0, 0.1) is 0 Å². The summed E-state index contributed by atoms with van der Waals surface area (Å²) in [4.78, 5) is 24.5. The lowest BCUT2D eigenvalue weighted by atomic mass is 10.0. The van der Waals surface area contributed by atoms with E-state index in [2.05, 4.69) is 31.2 Å². The van der Waals surface area contributed by atoms with Crippen LogP contribution in [0.1, 0.15) is 6.92 Å². The van der Waals surface area contributed by atoms with Gasteiger partial charge in [-0.3, -0.25) is 9.79 Å². The molecule has 0 aliphatic rings. The number of carbonyl (C=O) groups excluding carboxylic acids is 1. The van der Waals surface area contributed by atoms with Gasteiger partial charge in [0.05, 0.1) is 18.6 Å². The maximum atomic E-state index is 12.0. The van der Waals surface area contributed by atoms with Crippen LogP contribution in [0.2, 0.25) is 0 Å². The first-order valence-electron chi connectivity index (χ1n) is 9.57. The second-order valence-corrected chi connectivity index (χ2v) is 7.28. The molecule has 0 unspecified atom stereocenters. The average molecular weight is 480 g/mol. The van der Waals surface area contributed by atoms with E-state index >= 15 is 0 Å². The Morgan fingerprint density at radius 2 is 1.90 bits per heavy atom. The van der Waals surface area contributed by atoms with Crippen LogP contribution in [0.25, 0.3) is 22.4 Å². The molecule has 0 aliphatic carbocycles. The number of nitrogens with zero attached hydrogens (tertiary/aromatic N) is 3. The smallest absolute Gasteiger partial charge is 0.239 e. The predicted octanol–water partition coefficient (Wildman–Crippen LogP) is 4.53. The van der Waals surface area contributed by atoms with Crippen molar-refractivity contribution in [2.45, 2.75) is 6.92 Å². The van der Waals surface area contributed by atoms with E-state index in [1.165, 1.54) is 13.3 Å².